The lowest BCUT2D eigenvalue weighted by Gasteiger charge is -2.31. The molecule has 26 heteroatoms. The number of amides is 4. The van der Waals surface area contributed by atoms with Crippen molar-refractivity contribution in [2.75, 3.05) is 76.8 Å². The molecule has 0 saturated carbocycles. The number of ketones is 3. The maximum absolute atomic E-state index is 11.9. The molecular weight excluding hydrogens is 1930 g/mol. The van der Waals surface area contributed by atoms with Crippen LogP contribution in [-0.4, -0.2) is 158 Å². The zero-order valence-corrected chi connectivity index (χ0v) is 95.9. The molecule has 0 radical (unpaired) electrons. The summed E-state index contributed by atoms with van der Waals surface area (Å²) in [4.78, 5) is 73.0. The zero-order valence-electron chi connectivity index (χ0n) is 93.4. The molecule has 2 N–H and O–H groups in total. The second-order valence-corrected chi connectivity index (χ2v) is 51.7. The highest BCUT2D eigenvalue weighted by Crippen LogP contribution is 2.38. The fraction of sp³-hybridized carbons (Fsp3) is 0.512. The fourth-order valence-electron chi connectivity index (χ4n) is 19.6. The highest BCUT2D eigenvalue weighted by Gasteiger charge is 2.36. The SMILES string of the molecule is CC(C)Cc1ccc2c(c1)C(=O)NCC2.CC(C)Cc1ccc2c(c1)CC(=O)C(C)(C)O2.CC(C)Cc1ccc2c(c1)CC(=O)C(C)O2.CC(C)Cc1ccc2c(c1)CC(=O)CO2.CC(C)Cc1ccc2c(c1)CN(S(C)(=O)=O)CC2.CC(C)Cc1ccc2c(c1)CN(S(C)(=O)=O)CC2.CC(C)Cc1ccc2c(c1)CS(=O)(=O)CO2.CC(C)Cc1ccc2c(c1)N(C)C(=O)CO2.CNC(=O)N1CCc2ccc(CC(C)C)cc2C1. The Balaban J connectivity index is 0.000000171. The molecule has 9 aliphatic heterocycles. The third-order valence-electron chi connectivity index (χ3n) is 26.8. The van der Waals surface area contributed by atoms with Gasteiger partial charge in [0.2, 0.25) is 20.0 Å². The molecule has 9 aromatic rings. The second kappa shape index (κ2) is 54.8. The minimum atomic E-state index is -3.07. The van der Waals surface area contributed by atoms with Crippen molar-refractivity contribution in [3.05, 3.63) is 281 Å². The summed E-state index contributed by atoms with van der Waals surface area (Å²) in [5.41, 5.74) is 25.4. The molecule has 23 nitrogen and oxygen atoms in total. The van der Waals surface area contributed by atoms with Gasteiger partial charge in [0.25, 0.3) is 11.8 Å². The van der Waals surface area contributed by atoms with E-state index in [-0.39, 0.29) is 66.2 Å². The molecule has 0 spiro atoms. The summed E-state index contributed by atoms with van der Waals surface area (Å²) in [5, 5.41) is 5.58. The summed E-state index contributed by atoms with van der Waals surface area (Å²) in [6.07, 6.45) is 16.8. The summed E-state index contributed by atoms with van der Waals surface area (Å²) in [6.45, 7) is 49.9. The van der Waals surface area contributed by atoms with Gasteiger partial charge in [-0.3, -0.25) is 24.0 Å². The molecule has 9 aliphatic rings. The van der Waals surface area contributed by atoms with Crippen molar-refractivity contribution in [1.29, 1.82) is 0 Å². The number of urea groups is 1. The Hall–Kier alpha value is -11.0. The molecule has 0 fully saturated rings. The average Bonchev–Trinajstić information content (AvgIpc) is 0.791. The smallest absolute Gasteiger partial charge is 0.317 e. The van der Waals surface area contributed by atoms with Crippen LogP contribution < -0.4 is 39.2 Å². The van der Waals surface area contributed by atoms with Gasteiger partial charge >= 0.3 is 6.03 Å². The Bertz CT molecular complexity index is 6370. The van der Waals surface area contributed by atoms with Gasteiger partial charge < -0.3 is 44.1 Å². The van der Waals surface area contributed by atoms with E-state index >= 15 is 0 Å². The Morgan fingerprint density at radius 1 is 0.409 bits per heavy atom. The van der Waals surface area contributed by atoms with Crippen LogP contribution in [-0.2, 0) is 177 Å². The minimum Gasteiger partial charge on any atom is -0.486 e. The molecule has 149 heavy (non-hydrogen) atoms. The third kappa shape index (κ3) is 37.8. The monoisotopic (exact) mass is 2100 g/mol. The first kappa shape index (κ1) is 120. The number of hydrogen-bond donors (Lipinski definition) is 2. The highest BCUT2D eigenvalue weighted by molar-refractivity contribution is 7.90. The predicted octanol–water partition coefficient (Wildman–Crippen LogP) is 21.9. The van der Waals surface area contributed by atoms with Crippen molar-refractivity contribution in [2.24, 2.45) is 53.3 Å². The molecule has 1 unspecified atom stereocenters. The molecule has 810 valence electrons. The van der Waals surface area contributed by atoms with Crippen LogP contribution in [0, 0.1) is 53.3 Å². The average molecular weight is 2100 g/mol. The van der Waals surface area contributed by atoms with E-state index in [2.05, 4.69) is 244 Å². The molecule has 18 rings (SSSR count). The molecule has 1 atom stereocenters. The van der Waals surface area contributed by atoms with Crippen molar-refractivity contribution < 1.29 is 77.7 Å². The summed E-state index contributed by atoms with van der Waals surface area (Å²) in [5.74, 6) is 10.3. The first-order valence-electron chi connectivity index (χ1n) is 53.6. The van der Waals surface area contributed by atoms with Crippen LogP contribution in [0.2, 0.25) is 0 Å². The molecule has 0 aliphatic carbocycles. The maximum Gasteiger partial charge on any atom is 0.317 e. The molecule has 0 bridgehead atoms. The summed E-state index contributed by atoms with van der Waals surface area (Å²) in [6, 6.07) is 56.6. The Morgan fingerprint density at radius 2 is 0.765 bits per heavy atom. The van der Waals surface area contributed by atoms with Crippen LogP contribution >= 0.6 is 0 Å². The van der Waals surface area contributed by atoms with Crippen LogP contribution in [0.25, 0.3) is 0 Å². The number of nitrogens with one attached hydrogen (secondary N) is 2. The molecule has 9 aromatic carbocycles. The number of likely N-dealkylation sites (N-methyl/N-ethyl adjacent to an activating group) is 1. The Labute approximate surface area is 891 Å². The van der Waals surface area contributed by atoms with Gasteiger partial charge in [-0.1, -0.05) is 246 Å². The molecule has 0 saturated heterocycles. The lowest BCUT2D eigenvalue weighted by Crippen LogP contribution is -2.42. The first-order valence-corrected chi connectivity index (χ1v) is 59.1. The number of sulfonamides is 2. The number of rotatable bonds is 20. The highest BCUT2D eigenvalue weighted by atomic mass is 32.2. The molecule has 9 heterocycles. The van der Waals surface area contributed by atoms with Crippen molar-refractivity contribution in [2.45, 2.75) is 285 Å². The topological polar surface area (TPSA) is 288 Å². The quantitative estimate of drug-likeness (QED) is 0.0717. The lowest BCUT2D eigenvalue weighted by molar-refractivity contribution is -0.132. The van der Waals surface area contributed by atoms with E-state index in [1.165, 1.54) is 102 Å². The Kier molecular flexibility index (Phi) is 44.1. The number of sulfone groups is 1. The van der Waals surface area contributed by atoms with Gasteiger partial charge in [-0.25, -0.2) is 30.0 Å². The number of ether oxygens (including phenoxy) is 5. The first-order chi connectivity index (χ1) is 70.1. The largest absolute Gasteiger partial charge is 0.486 e. The molecular formula is C123H168N6O17S3. The van der Waals surface area contributed by atoms with Crippen LogP contribution in [0.4, 0.5) is 10.5 Å². The van der Waals surface area contributed by atoms with Crippen LogP contribution in [0.3, 0.4) is 0 Å². The number of carbonyl (C=O) groups is 6. The number of benzene rings is 9. The van der Waals surface area contributed by atoms with E-state index in [1.54, 1.807) is 27.6 Å². The standard InChI is InChI=1S/C15H22N2O.C15H20O2.2C14H21NO2S.C14H18O2.C13H17NO2.C13H17NO.C13H16O2.C12H16O3S/c1-11(2)8-12-4-5-13-6-7-17(15(18)16-3)10-14(13)9-12;1-10(2)7-11-5-6-13-12(8-11)9-14(16)15(3,4)17-13;2*1-11(2)8-12-4-5-13-6-7-15(18(3,16)17)10-14(13)9-12;1-9(2)6-11-4-5-14-12(7-11)8-13(15)10(3)16-14;1-9(2)6-10-4-5-12-11(7-10)14(3)13(15)8-16-12;1-9(2)7-10-3-4-11-5-6-14-13(15)12(11)8-10;1-9(2)5-10-3-4-13-11(6-10)7-12(14)8-15-13;1-9(2)5-10-3-4-12-11(6-10)7-16(13,14)8-15-12/h4-5,9,11H,6-8,10H2,1-3H3,(H,16,18);5-6,8,10H,7,9H2,1-4H3;2*4-5,9,11H,6-8,10H2,1-3H3;4-5,7,9-10H,6,8H2,1-3H3;4-5,7,9H,6,8H2,1-3H3;3-4,8-9H,5-7H2,1-2H3,(H,14,15);3-4,6,9H,5,7-8H2,1-2H3;3-4,6,9H,5,7-8H2,1-2H3. The summed E-state index contributed by atoms with van der Waals surface area (Å²) < 4.78 is 99.5. The van der Waals surface area contributed by atoms with Crippen molar-refractivity contribution in [1.82, 2.24) is 24.1 Å². The van der Waals surface area contributed by atoms with Crippen molar-refractivity contribution >= 4 is 70.8 Å². The number of hydrogen-bond acceptors (Lipinski definition) is 17. The van der Waals surface area contributed by atoms with E-state index in [0.29, 0.717) is 104 Å². The molecule has 0 aromatic heterocycles. The van der Waals surface area contributed by atoms with E-state index in [4.69, 9.17) is 23.7 Å². The normalized spacial score (nSPS) is 16.5. The predicted molar refractivity (Wildman–Crippen MR) is 601 cm³/mol. The number of anilines is 1. The van der Waals surface area contributed by atoms with Gasteiger partial charge in [-0.15, -0.1) is 0 Å². The minimum absolute atomic E-state index is 0.00852. The van der Waals surface area contributed by atoms with Gasteiger partial charge in [-0.05, 0) is 289 Å². The van der Waals surface area contributed by atoms with E-state index in [9.17, 15) is 54.0 Å². The lowest BCUT2D eigenvalue weighted by atomic mass is 9.91. The fourth-order valence-corrected chi connectivity index (χ4v) is 22.2. The number of nitrogens with zero attached hydrogens (tertiary/aromatic N) is 4. The van der Waals surface area contributed by atoms with E-state index < -0.39 is 35.5 Å². The van der Waals surface area contributed by atoms with E-state index in [0.717, 1.165) is 160 Å². The zero-order chi connectivity index (χ0) is 109. The number of Topliss-reactive ketones (excluding diaryl/α,β-unsaturated/α-hetero) is 3. The van der Waals surface area contributed by atoms with Crippen molar-refractivity contribution in [3.63, 3.8) is 0 Å². The van der Waals surface area contributed by atoms with Gasteiger partial charge in [-0.2, -0.15) is 8.61 Å². The Morgan fingerprint density at radius 3 is 1.20 bits per heavy atom. The maximum atomic E-state index is 11.9. The van der Waals surface area contributed by atoms with Crippen LogP contribution in [0.1, 0.15) is 267 Å². The number of fused-ring (bicyclic) bond motifs is 9. The number of carbonyl (C=O) groups excluding carboxylic acids is 6. The van der Waals surface area contributed by atoms with E-state index in [1.807, 2.05) is 80.3 Å². The van der Waals surface area contributed by atoms with Crippen molar-refractivity contribution in [3.8, 4) is 28.7 Å². The summed E-state index contributed by atoms with van der Waals surface area (Å²) in [7, 11) is -5.72. The van der Waals surface area contributed by atoms with Crippen LogP contribution in [0.15, 0.2) is 164 Å². The van der Waals surface area contributed by atoms with Gasteiger partial charge in [0, 0.05) is 107 Å². The third-order valence-corrected chi connectivity index (χ3v) is 30.5. The summed E-state index contributed by atoms with van der Waals surface area (Å²) >= 11 is 0. The second-order valence-electron chi connectivity index (χ2n) is 45.7. The molecule has 4 amide bonds. The van der Waals surface area contributed by atoms with Gasteiger partial charge in [0.05, 0.1) is 24.0 Å². The van der Waals surface area contributed by atoms with Gasteiger partial charge in [0.15, 0.2) is 51.4 Å². The van der Waals surface area contributed by atoms with Crippen LogP contribution in [0.5, 0.6) is 28.7 Å². The van der Waals surface area contributed by atoms with Gasteiger partial charge in [0.1, 0.15) is 35.4 Å².